The smallest absolute Gasteiger partial charge is 0.338 e. The van der Waals surface area contributed by atoms with E-state index in [4.69, 9.17) is 14.2 Å². The molecular weight excluding hydrogens is 689 g/mol. The first-order valence-electron chi connectivity index (χ1n) is 20.9. The summed E-state index contributed by atoms with van der Waals surface area (Å²) in [6.45, 7) is 14.8. The van der Waals surface area contributed by atoms with Gasteiger partial charge in [0.2, 0.25) is 0 Å². The zero-order valence-corrected chi connectivity index (χ0v) is 35.9. The molecule has 0 radical (unpaired) electrons. The molecule has 1 aliphatic heterocycles. The van der Waals surface area contributed by atoms with E-state index < -0.39 is 23.9 Å². The van der Waals surface area contributed by atoms with Crippen LogP contribution < -0.4 is 0 Å². The maximum atomic E-state index is 13.5. The summed E-state index contributed by atoms with van der Waals surface area (Å²) in [5.41, 5.74) is 3.10. The molecule has 1 aromatic rings. The Morgan fingerprint density at radius 3 is 1.87 bits per heavy atom. The molecule has 308 valence electrons. The molecule has 0 bridgehead atoms. The molecule has 0 aromatic heterocycles. The van der Waals surface area contributed by atoms with E-state index in [0.717, 1.165) is 61.8 Å². The van der Waals surface area contributed by atoms with E-state index in [-0.39, 0.29) is 36.6 Å². The van der Waals surface area contributed by atoms with Crippen LogP contribution in [0, 0.1) is 5.92 Å². The highest BCUT2D eigenvalue weighted by Gasteiger charge is 2.27. The van der Waals surface area contributed by atoms with Gasteiger partial charge in [0, 0.05) is 31.2 Å². The predicted octanol–water partition coefficient (Wildman–Crippen LogP) is 11.0. The van der Waals surface area contributed by atoms with Gasteiger partial charge in [-0.15, -0.1) is 0 Å². The fourth-order valence-corrected chi connectivity index (χ4v) is 6.09. The van der Waals surface area contributed by atoms with Crippen LogP contribution in [0.25, 0.3) is 0 Å². The van der Waals surface area contributed by atoms with Gasteiger partial charge in [-0.3, -0.25) is 19.5 Å². The lowest BCUT2D eigenvalue weighted by atomic mass is 9.79. The standard InChI is InChI=1S/C47H74N2O6/c1-10-11-12-13-14-15-16-17-18-19-20-21-22-23-24-25-28-43(50)53-34-37(36-55-45(52)42(49(8)9)33-41-27-26-29-48-41)35-54-44(51)38-30-39(46(2,3)4)32-40(31-38)47(5,6)7/h14-15,17-18,27,29-32,37,42H,10-13,16,19-26,28,33-36H2,1-9H3/b15-14-,18-17-/t37?,42-/m0/s1. The molecular formula is C47H74N2O6. The third-order valence-corrected chi connectivity index (χ3v) is 9.89. The number of carbonyl (C=O) groups is 3. The Hall–Kier alpha value is -3.52. The molecule has 55 heavy (non-hydrogen) atoms. The second-order valence-corrected chi connectivity index (χ2v) is 17.3. The molecule has 2 rings (SSSR count). The molecule has 0 aliphatic carbocycles. The van der Waals surface area contributed by atoms with Crippen molar-refractivity contribution in [1.82, 2.24) is 4.90 Å². The third kappa shape index (κ3) is 20.3. The van der Waals surface area contributed by atoms with Crippen LogP contribution in [0.3, 0.4) is 0 Å². The molecule has 1 unspecified atom stereocenters. The Morgan fingerprint density at radius 2 is 1.31 bits per heavy atom. The summed E-state index contributed by atoms with van der Waals surface area (Å²) < 4.78 is 17.3. The Kier molecular flexibility index (Phi) is 22.2. The number of unbranched alkanes of at least 4 members (excludes halogenated alkanes) is 9. The molecule has 0 N–H and O–H groups in total. The summed E-state index contributed by atoms with van der Waals surface area (Å²) >= 11 is 0. The van der Waals surface area contributed by atoms with Crippen LogP contribution in [0.5, 0.6) is 0 Å². The molecule has 1 aliphatic rings. The summed E-state index contributed by atoms with van der Waals surface area (Å²) in [5.74, 6) is -1.67. The van der Waals surface area contributed by atoms with Gasteiger partial charge >= 0.3 is 17.9 Å². The van der Waals surface area contributed by atoms with Gasteiger partial charge in [0.1, 0.15) is 25.9 Å². The first kappa shape index (κ1) is 47.6. The normalized spacial score (nSPS) is 14.5. The lowest BCUT2D eigenvalue weighted by Crippen LogP contribution is -2.38. The minimum atomic E-state index is -0.521. The van der Waals surface area contributed by atoms with Crippen LogP contribution in [-0.4, -0.2) is 69.0 Å². The fraction of sp³-hybridized carbons (Fsp3) is 0.660. The van der Waals surface area contributed by atoms with E-state index in [9.17, 15) is 14.4 Å². The third-order valence-electron chi connectivity index (χ3n) is 9.89. The number of nitrogens with zero attached hydrogens (tertiary/aromatic N) is 2. The van der Waals surface area contributed by atoms with Crippen LogP contribution in [0.1, 0.15) is 166 Å². The number of esters is 3. The van der Waals surface area contributed by atoms with Gasteiger partial charge in [-0.1, -0.05) is 123 Å². The highest BCUT2D eigenvalue weighted by atomic mass is 16.6. The average Bonchev–Trinajstić information content (AvgIpc) is 3.65. The summed E-state index contributed by atoms with van der Waals surface area (Å²) in [4.78, 5) is 45.7. The minimum Gasteiger partial charge on any atom is -0.465 e. The molecule has 8 nitrogen and oxygen atoms in total. The molecule has 1 heterocycles. The molecule has 0 saturated heterocycles. The maximum absolute atomic E-state index is 13.5. The largest absolute Gasteiger partial charge is 0.465 e. The van der Waals surface area contributed by atoms with Gasteiger partial charge in [-0.05, 0) is 86.7 Å². The van der Waals surface area contributed by atoms with Crippen LogP contribution in [0.15, 0.2) is 59.3 Å². The molecule has 0 spiro atoms. The van der Waals surface area contributed by atoms with Crippen LogP contribution >= 0.6 is 0 Å². The van der Waals surface area contributed by atoms with Gasteiger partial charge in [0.25, 0.3) is 0 Å². The zero-order valence-electron chi connectivity index (χ0n) is 35.9. The van der Waals surface area contributed by atoms with E-state index in [0.29, 0.717) is 18.4 Å². The van der Waals surface area contributed by atoms with Crippen molar-refractivity contribution in [1.29, 1.82) is 0 Å². The second-order valence-electron chi connectivity index (χ2n) is 17.3. The summed E-state index contributed by atoms with van der Waals surface area (Å²) in [5, 5.41) is 0. The Morgan fingerprint density at radius 1 is 0.745 bits per heavy atom. The monoisotopic (exact) mass is 763 g/mol. The van der Waals surface area contributed by atoms with Gasteiger partial charge < -0.3 is 14.2 Å². The molecule has 0 saturated carbocycles. The van der Waals surface area contributed by atoms with Crippen molar-refractivity contribution in [3.63, 3.8) is 0 Å². The Labute approximate surface area is 334 Å². The van der Waals surface area contributed by atoms with E-state index in [2.05, 4.69) is 83.8 Å². The van der Waals surface area contributed by atoms with Crippen molar-refractivity contribution in [2.24, 2.45) is 10.9 Å². The quantitative estimate of drug-likeness (QED) is 0.0401. The number of ether oxygens (including phenoxy) is 3. The van der Waals surface area contributed by atoms with Crippen molar-refractivity contribution in [2.45, 2.75) is 162 Å². The average molecular weight is 763 g/mol. The van der Waals surface area contributed by atoms with Crippen LogP contribution in [0.2, 0.25) is 0 Å². The number of carbonyl (C=O) groups excluding carboxylic acids is 3. The highest BCUT2D eigenvalue weighted by molar-refractivity contribution is 5.90. The van der Waals surface area contributed by atoms with Crippen molar-refractivity contribution in [3.05, 3.63) is 71.0 Å². The fourth-order valence-electron chi connectivity index (χ4n) is 6.09. The van der Waals surface area contributed by atoms with Crippen molar-refractivity contribution < 1.29 is 28.6 Å². The topological polar surface area (TPSA) is 94.5 Å². The van der Waals surface area contributed by atoms with Crippen molar-refractivity contribution >= 4 is 24.1 Å². The van der Waals surface area contributed by atoms with E-state index in [1.165, 1.54) is 38.5 Å². The number of likely N-dealkylation sites (N-methyl/N-ethyl adjacent to an activating group) is 1. The van der Waals surface area contributed by atoms with Gasteiger partial charge in [-0.2, -0.15) is 0 Å². The number of hydrogen-bond acceptors (Lipinski definition) is 8. The number of rotatable bonds is 26. The Balaban J connectivity index is 1.89. The molecule has 0 fully saturated rings. The predicted molar refractivity (Wildman–Crippen MR) is 227 cm³/mol. The summed E-state index contributed by atoms with van der Waals surface area (Å²) in [6, 6.07) is 5.41. The van der Waals surface area contributed by atoms with E-state index in [1.807, 2.05) is 43.4 Å². The van der Waals surface area contributed by atoms with Gasteiger partial charge in [-0.25, -0.2) is 4.79 Å². The van der Waals surface area contributed by atoms with E-state index in [1.54, 1.807) is 0 Å². The van der Waals surface area contributed by atoms with Gasteiger partial charge in [0.15, 0.2) is 0 Å². The first-order chi connectivity index (χ1) is 26.1. The van der Waals surface area contributed by atoms with Crippen LogP contribution in [0.4, 0.5) is 0 Å². The number of aliphatic imine (C=N–C) groups is 1. The highest BCUT2D eigenvalue weighted by Crippen LogP contribution is 2.31. The lowest BCUT2D eigenvalue weighted by Gasteiger charge is -2.26. The Bertz CT molecular complexity index is 1390. The SMILES string of the molecule is CCCCC/C=C\C/C=C\CCCCCCCCC(=O)OCC(COC(=O)c1cc(C(C)(C)C)cc(C(C)(C)C)c1)COC(=O)[C@H](CC1=CCC=N1)N(C)C. The van der Waals surface area contributed by atoms with Gasteiger partial charge in [0.05, 0.1) is 11.5 Å². The molecule has 2 atom stereocenters. The number of benzene rings is 1. The van der Waals surface area contributed by atoms with Crippen LogP contribution in [-0.2, 0) is 34.6 Å². The van der Waals surface area contributed by atoms with Crippen molar-refractivity contribution in [3.8, 4) is 0 Å². The number of hydrogen-bond donors (Lipinski definition) is 0. The zero-order chi connectivity index (χ0) is 40.7. The molecule has 1 aromatic carbocycles. The first-order valence-corrected chi connectivity index (χ1v) is 20.9. The maximum Gasteiger partial charge on any atom is 0.338 e. The second kappa shape index (κ2) is 25.6. The van der Waals surface area contributed by atoms with Crippen molar-refractivity contribution in [2.75, 3.05) is 33.9 Å². The summed E-state index contributed by atoms with van der Waals surface area (Å²) in [7, 11) is 3.66. The molecule has 8 heteroatoms. The number of allylic oxidation sites excluding steroid dienone is 5. The van der Waals surface area contributed by atoms with E-state index >= 15 is 0 Å². The minimum absolute atomic E-state index is 0.0150. The summed E-state index contributed by atoms with van der Waals surface area (Å²) in [6.07, 6.45) is 28.0. The lowest BCUT2D eigenvalue weighted by molar-refractivity contribution is -0.153. The molecule has 0 amide bonds.